The molecule has 0 fully saturated rings. The number of aromatic nitrogens is 4. The maximum Gasteiger partial charge on any atom is 0.286 e. The average Bonchev–Trinajstić information content (AvgIpc) is 3.30. The zero-order chi connectivity index (χ0) is 16.7. The molecule has 0 bridgehead atoms. The van der Waals surface area contributed by atoms with Crippen LogP contribution in [0.3, 0.4) is 0 Å². The van der Waals surface area contributed by atoms with Crippen molar-refractivity contribution in [2.45, 2.75) is 6.54 Å². The summed E-state index contributed by atoms with van der Waals surface area (Å²) >= 11 is 7.17. The van der Waals surface area contributed by atoms with Crippen LogP contribution in [0.25, 0.3) is 5.65 Å². The van der Waals surface area contributed by atoms with Gasteiger partial charge in [0.25, 0.3) is 11.4 Å². The molecule has 0 amide bonds. The maximum atomic E-state index is 12.7. The number of hydrogen-bond donors (Lipinski definition) is 0. The number of carbonyl (C=O) groups excluding carboxylic acids is 1. The zero-order valence-corrected chi connectivity index (χ0v) is 13.6. The van der Waals surface area contributed by atoms with Crippen LogP contribution in [0.15, 0.2) is 47.6 Å². The lowest BCUT2D eigenvalue weighted by Gasteiger charge is -2.02. The number of carbonyl (C=O) groups is 1. The van der Waals surface area contributed by atoms with Gasteiger partial charge in [0, 0.05) is 12.3 Å². The molecular formula is C15H9ClN4O3S. The van der Waals surface area contributed by atoms with Crippen molar-refractivity contribution < 1.29 is 18.7 Å². The Bertz CT molecular complexity index is 1040. The Morgan fingerprint density at radius 1 is 1.42 bits per heavy atom. The second-order valence-electron chi connectivity index (χ2n) is 4.94. The maximum absolute atomic E-state index is 12.7. The number of imidazole rings is 1. The van der Waals surface area contributed by atoms with Gasteiger partial charge in [0.2, 0.25) is 5.69 Å². The van der Waals surface area contributed by atoms with E-state index in [1.807, 2.05) is 0 Å². The van der Waals surface area contributed by atoms with Crippen LogP contribution in [0.1, 0.15) is 21.1 Å². The highest BCUT2D eigenvalue weighted by atomic mass is 35.5. The van der Waals surface area contributed by atoms with Gasteiger partial charge in [-0.25, -0.2) is 18.9 Å². The van der Waals surface area contributed by atoms with Crippen LogP contribution < -0.4 is 9.51 Å². The molecule has 4 aromatic rings. The first kappa shape index (κ1) is 14.9. The zero-order valence-electron chi connectivity index (χ0n) is 12.0. The third kappa shape index (κ3) is 2.36. The Hall–Kier alpha value is -2.71. The van der Waals surface area contributed by atoms with Gasteiger partial charge >= 0.3 is 0 Å². The Balaban J connectivity index is 1.92. The lowest BCUT2D eigenvalue weighted by Crippen LogP contribution is -2.24. The summed E-state index contributed by atoms with van der Waals surface area (Å²) in [5.41, 5.74) is 0.595. The van der Waals surface area contributed by atoms with E-state index in [1.54, 1.807) is 35.2 Å². The fourth-order valence-electron chi connectivity index (χ4n) is 2.51. The molecule has 4 heterocycles. The summed E-state index contributed by atoms with van der Waals surface area (Å²) in [7, 11) is 0. The third-order valence-corrected chi connectivity index (χ3v) is 4.62. The molecular weight excluding hydrogens is 352 g/mol. The summed E-state index contributed by atoms with van der Waals surface area (Å²) in [5, 5.41) is 12.7. The van der Waals surface area contributed by atoms with Crippen molar-refractivity contribution in [3.8, 4) is 5.88 Å². The summed E-state index contributed by atoms with van der Waals surface area (Å²) in [4.78, 5) is 21.3. The number of hydrogen-bond acceptors (Lipinski definition) is 6. The van der Waals surface area contributed by atoms with E-state index < -0.39 is 11.7 Å². The monoisotopic (exact) mass is 360 g/mol. The fourth-order valence-corrected chi connectivity index (χ4v) is 3.47. The van der Waals surface area contributed by atoms with Crippen LogP contribution >= 0.6 is 22.9 Å². The summed E-state index contributed by atoms with van der Waals surface area (Å²) < 4.78 is 8.52. The largest absolute Gasteiger partial charge is 0.839 e. The lowest BCUT2D eigenvalue weighted by atomic mass is 10.2. The molecule has 0 saturated carbocycles. The quantitative estimate of drug-likeness (QED) is 0.408. The van der Waals surface area contributed by atoms with E-state index in [0.29, 0.717) is 16.7 Å². The van der Waals surface area contributed by atoms with E-state index in [4.69, 9.17) is 16.0 Å². The van der Waals surface area contributed by atoms with E-state index in [-0.39, 0.29) is 11.5 Å². The highest BCUT2D eigenvalue weighted by Gasteiger charge is 2.29. The highest BCUT2D eigenvalue weighted by molar-refractivity contribution is 7.15. The van der Waals surface area contributed by atoms with Crippen LogP contribution in [0.5, 0.6) is 5.88 Å². The normalized spacial score (nSPS) is 11.2. The number of rotatable bonds is 4. The second-order valence-corrected chi connectivity index (χ2v) is 6.64. The smallest absolute Gasteiger partial charge is 0.286 e. The van der Waals surface area contributed by atoms with E-state index in [2.05, 4.69) is 9.97 Å². The number of halogens is 1. The number of thiazole rings is 1. The van der Waals surface area contributed by atoms with Crippen molar-refractivity contribution in [3.63, 3.8) is 0 Å². The molecule has 4 aromatic heterocycles. The first-order valence-corrected chi connectivity index (χ1v) is 8.08. The average molecular weight is 361 g/mol. The van der Waals surface area contributed by atoms with Crippen molar-refractivity contribution in [2.75, 3.05) is 0 Å². The lowest BCUT2D eigenvalue weighted by molar-refractivity contribution is -0.582. The van der Waals surface area contributed by atoms with Gasteiger partial charge < -0.3 is 9.52 Å². The summed E-state index contributed by atoms with van der Waals surface area (Å²) in [5.74, 6) is -0.918. The Kier molecular flexibility index (Phi) is 3.55. The van der Waals surface area contributed by atoms with Gasteiger partial charge in [0.1, 0.15) is 12.4 Å². The molecule has 120 valence electrons. The predicted octanol–water partition coefficient (Wildman–Crippen LogP) is 1.68. The number of pyridine rings is 1. The van der Waals surface area contributed by atoms with E-state index >= 15 is 0 Å². The van der Waals surface area contributed by atoms with Crippen LogP contribution in [0, 0.1) is 0 Å². The summed E-state index contributed by atoms with van der Waals surface area (Å²) in [6.45, 7) is 0.301. The van der Waals surface area contributed by atoms with Gasteiger partial charge in [-0.3, -0.25) is 4.79 Å². The van der Waals surface area contributed by atoms with E-state index in [0.717, 1.165) is 11.3 Å². The van der Waals surface area contributed by atoms with Crippen molar-refractivity contribution in [1.29, 1.82) is 0 Å². The molecule has 0 aliphatic heterocycles. The number of fused-ring (bicyclic) bond motifs is 1. The Morgan fingerprint density at radius 2 is 2.29 bits per heavy atom. The SMILES string of the molecule is O=C(c1cnco1)c1c([O-])[n+]2ccccc2n1Cc1cnc(Cl)s1. The van der Waals surface area contributed by atoms with Crippen LogP contribution in [0.4, 0.5) is 0 Å². The van der Waals surface area contributed by atoms with E-state index in [1.165, 1.54) is 21.9 Å². The molecule has 0 N–H and O–H groups in total. The first-order valence-electron chi connectivity index (χ1n) is 6.88. The highest BCUT2D eigenvalue weighted by Crippen LogP contribution is 2.24. The summed E-state index contributed by atoms with van der Waals surface area (Å²) in [6.07, 6.45) is 5.68. The molecule has 7 nitrogen and oxygen atoms in total. The molecule has 9 heteroatoms. The summed E-state index contributed by atoms with van der Waals surface area (Å²) in [6, 6.07) is 5.29. The first-order chi connectivity index (χ1) is 11.6. The Labute approximate surface area is 144 Å². The minimum absolute atomic E-state index is 0.00229. The molecule has 0 aliphatic carbocycles. The molecule has 24 heavy (non-hydrogen) atoms. The topological polar surface area (TPSA) is 88.1 Å². The van der Waals surface area contributed by atoms with Crippen LogP contribution in [0.2, 0.25) is 4.47 Å². The van der Waals surface area contributed by atoms with Gasteiger partial charge in [0.15, 0.2) is 16.6 Å². The minimum Gasteiger partial charge on any atom is -0.839 e. The third-order valence-electron chi connectivity index (χ3n) is 3.52. The number of ketones is 1. The van der Waals surface area contributed by atoms with Gasteiger partial charge in [-0.1, -0.05) is 17.7 Å². The Morgan fingerprint density at radius 3 is 3.00 bits per heavy atom. The van der Waals surface area contributed by atoms with Crippen LogP contribution in [-0.4, -0.2) is 20.3 Å². The number of oxazole rings is 1. The number of nitrogens with zero attached hydrogens (tertiary/aromatic N) is 4. The molecule has 0 atom stereocenters. The van der Waals surface area contributed by atoms with Gasteiger partial charge in [-0.15, -0.1) is 11.3 Å². The molecule has 0 radical (unpaired) electrons. The molecule has 0 unspecified atom stereocenters. The molecule has 0 saturated heterocycles. The van der Waals surface area contributed by atoms with Crippen LogP contribution in [-0.2, 0) is 6.54 Å². The molecule has 4 rings (SSSR count). The van der Waals surface area contributed by atoms with Crippen molar-refractivity contribution in [1.82, 2.24) is 14.5 Å². The van der Waals surface area contributed by atoms with Crippen molar-refractivity contribution in [3.05, 3.63) is 64.0 Å². The molecule has 0 spiro atoms. The van der Waals surface area contributed by atoms with Crippen molar-refractivity contribution in [2.24, 2.45) is 0 Å². The minimum atomic E-state index is -0.517. The molecule has 0 aliphatic rings. The fraction of sp³-hybridized carbons (Fsp3) is 0.0667. The standard InChI is InChI=1S/C15H9ClN4O3S/c16-15-18-5-9(24-15)7-20-11-3-1-2-4-19(11)14(22)12(20)13(21)10-6-17-8-23-10/h1-6,8H,7H2. The van der Waals surface area contributed by atoms with Gasteiger partial charge in [-0.2, -0.15) is 0 Å². The molecule has 0 aromatic carbocycles. The van der Waals surface area contributed by atoms with E-state index in [9.17, 15) is 9.90 Å². The predicted molar refractivity (Wildman–Crippen MR) is 83.2 cm³/mol. The van der Waals surface area contributed by atoms with Crippen molar-refractivity contribution >= 4 is 34.4 Å². The van der Waals surface area contributed by atoms with Gasteiger partial charge in [0.05, 0.1) is 17.3 Å². The van der Waals surface area contributed by atoms with Gasteiger partial charge in [-0.05, 0) is 6.07 Å². The second kappa shape index (κ2) is 5.73.